The van der Waals surface area contributed by atoms with Crippen LogP contribution >= 0.6 is 0 Å². The van der Waals surface area contributed by atoms with Gasteiger partial charge in [-0.1, -0.05) is 12.1 Å². The molecule has 0 saturated carbocycles. The highest BCUT2D eigenvalue weighted by Crippen LogP contribution is 2.36. The molecule has 0 amide bonds. The van der Waals surface area contributed by atoms with Crippen molar-refractivity contribution in [3.05, 3.63) is 46.9 Å². The van der Waals surface area contributed by atoms with Crippen molar-refractivity contribution in [2.24, 2.45) is 0 Å². The normalized spacial score (nSPS) is 16.2. The van der Waals surface area contributed by atoms with Gasteiger partial charge in [-0.05, 0) is 43.5 Å². The number of hydrogen-bond donors (Lipinski definition) is 1. The quantitative estimate of drug-likeness (QED) is 0.876. The fourth-order valence-electron chi connectivity index (χ4n) is 2.73. The van der Waals surface area contributed by atoms with E-state index in [1.807, 2.05) is 0 Å². The smallest absolute Gasteiger partial charge is 0.357 e. The first-order chi connectivity index (χ1) is 11.5. The summed E-state index contributed by atoms with van der Waals surface area (Å²) < 4.78 is 24.8. The van der Waals surface area contributed by atoms with Crippen LogP contribution in [0.3, 0.4) is 0 Å². The molecule has 6 heteroatoms. The molecule has 2 aromatic rings. The van der Waals surface area contributed by atoms with Crippen molar-refractivity contribution in [2.75, 3.05) is 6.61 Å². The Morgan fingerprint density at radius 3 is 2.92 bits per heavy atom. The first-order valence-electron chi connectivity index (χ1n) is 7.82. The van der Waals surface area contributed by atoms with Crippen molar-refractivity contribution in [3.63, 3.8) is 0 Å². The van der Waals surface area contributed by atoms with Gasteiger partial charge in [-0.25, -0.2) is 14.2 Å². The average Bonchev–Trinajstić information content (AvgIpc) is 2.54. The summed E-state index contributed by atoms with van der Waals surface area (Å²) in [5.74, 6) is -0.851. The molecule has 0 radical (unpaired) electrons. The number of rotatable bonds is 3. The van der Waals surface area contributed by atoms with E-state index < -0.39 is 12.3 Å². The van der Waals surface area contributed by atoms with Gasteiger partial charge in [0.1, 0.15) is 5.82 Å². The second kappa shape index (κ2) is 6.57. The monoisotopic (exact) mass is 331 g/mol. The molecular weight excluding hydrogens is 313 g/mol. The van der Waals surface area contributed by atoms with Gasteiger partial charge >= 0.3 is 5.97 Å². The Labute approximate surface area is 139 Å². The molecule has 1 N–H and O–H groups in total. The van der Waals surface area contributed by atoms with Crippen LogP contribution < -0.4 is 4.74 Å². The van der Waals surface area contributed by atoms with E-state index in [1.54, 1.807) is 26.0 Å². The molecule has 0 bridgehead atoms. The predicted molar refractivity (Wildman–Crippen MR) is 85.3 cm³/mol. The van der Waals surface area contributed by atoms with E-state index in [1.165, 1.54) is 12.1 Å². The second-order valence-electron chi connectivity index (χ2n) is 5.65. The highest BCUT2D eigenvalue weighted by Gasteiger charge is 2.26. The largest absolute Gasteiger partial charge is 0.461 e. The molecule has 0 aliphatic carbocycles. The molecule has 1 aromatic heterocycles. The Morgan fingerprint density at radius 1 is 1.42 bits per heavy atom. The Hall–Kier alpha value is -2.47. The molecule has 24 heavy (non-hydrogen) atoms. The van der Waals surface area contributed by atoms with Gasteiger partial charge in [0.25, 0.3) is 0 Å². The molecule has 1 aromatic carbocycles. The number of esters is 1. The number of pyridine rings is 1. The van der Waals surface area contributed by atoms with Gasteiger partial charge in [0.2, 0.25) is 5.88 Å². The van der Waals surface area contributed by atoms with E-state index in [2.05, 4.69) is 4.98 Å². The van der Waals surface area contributed by atoms with E-state index in [9.17, 15) is 14.3 Å². The standard InChI is InChI=1S/C18H18FNO4/c1-3-23-18(22)15-9-13(11-5-4-10(2)8-14(11)19)12-6-7-16(21)24-17(12)20-15/h4-5,8-9,16,21H,3,6-7H2,1-2H3/t16-/m1/s1. The summed E-state index contributed by atoms with van der Waals surface area (Å²) >= 11 is 0. The van der Waals surface area contributed by atoms with Gasteiger partial charge in [-0.2, -0.15) is 0 Å². The molecule has 2 heterocycles. The average molecular weight is 331 g/mol. The molecule has 5 nitrogen and oxygen atoms in total. The van der Waals surface area contributed by atoms with Crippen LogP contribution in [0.5, 0.6) is 5.88 Å². The maximum atomic E-state index is 14.4. The van der Waals surface area contributed by atoms with E-state index >= 15 is 0 Å². The van der Waals surface area contributed by atoms with Gasteiger partial charge in [0, 0.05) is 17.5 Å². The van der Waals surface area contributed by atoms with Crippen molar-refractivity contribution in [1.82, 2.24) is 4.98 Å². The topological polar surface area (TPSA) is 68.7 Å². The fraction of sp³-hybridized carbons (Fsp3) is 0.333. The van der Waals surface area contributed by atoms with Gasteiger partial charge in [0.05, 0.1) is 6.61 Å². The number of carbonyl (C=O) groups is 1. The third-order valence-corrected chi connectivity index (χ3v) is 3.87. The van der Waals surface area contributed by atoms with Crippen LogP contribution in [0.15, 0.2) is 24.3 Å². The van der Waals surface area contributed by atoms with Crippen LogP contribution in [0.1, 0.15) is 35.0 Å². The predicted octanol–water partition coefficient (Wildman–Crippen LogP) is 3.02. The lowest BCUT2D eigenvalue weighted by Gasteiger charge is -2.24. The summed E-state index contributed by atoms with van der Waals surface area (Å²) in [5, 5.41) is 9.69. The number of aliphatic hydroxyl groups is 1. The first-order valence-corrected chi connectivity index (χ1v) is 7.82. The number of aliphatic hydroxyl groups excluding tert-OH is 1. The van der Waals surface area contributed by atoms with Crippen molar-refractivity contribution in [2.45, 2.75) is 33.0 Å². The number of carbonyl (C=O) groups excluding carboxylic acids is 1. The van der Waals surface area contributed by atoms with Gasteiger partial charge < -0.3 is 14.6 Å². The number of aryl methyl sites for hydroxylation is 1. The van der Waals surface area contributed by atoms with E-state index in [0.29, 0.717) is 29.5 Å². The van der Waals surface area contributed by atoms with Gasteiger partial charge in [-0.3, -0.25) is 0 Å². The Balaban J connectivity index is 2.17. The molecule has 126 valence electrons. The SMILES string of the molecule is CCOC(=O)c1cc(-c2ccc(C)cc2F)c2c(n1)O[C@@H](O)CC2. The highest BCUT2D eigenvalue weighted by molar-refractivity contribution is 5.90. The van der Waals surface area contributed by atoms with Crippen molar-refractivity contribution in [1.29, 1.82) is 0 Å². The second-order valence-corrected chi connectivity index (χ2v) is 5.65. The van der Waals surface area contributed by atoms with E-state index in [0.717, 1.165) is 5.56 Å². The van der Waals surface area contributed by atoms with Crippen LogP contribution in [0.25, 0.3) is 11.1 Å². The number of aromatic nitrogens is 1. The zero-order valence-electron chi connectivity index (χ0n) is 13.5. The molecule has 1 aliphatic rings. The lowest BCUT2D eigenvalue weighted by Crippen LogP contribution is -2.24. The van der Waals surface area contributed by atoms with Crippen molar-refractivity contribution < 1.29 is 23.8 Å². The minimum atomic E-state index is -0.988. The minimum Gasteiger partial charge on any atom is -0.461 e. The molecule has 1 aliphatic heterocycles. The van der Waals surface area contributed by atoms with Crippen LogP contribution in [-0.2, 0) is 11.2 Å². The summed E-state index contributed by atoms with van der Waals surface area (Å²) in [5.41, 5.74) is 2.41. The van der Waals surface area contributed by atoms with E-state index in [4.69, 9.17) is 9.47 Å². The summed E-state index contributed by atoms with van der Waals surface area (Å²) in [6.45, 7) is 3.70. The molecule has 0 fully saturated rings. The molecule has 3 rings (SSSR count). The summed E-state index contributed by atoms with van der Waals surface area (Å²) in [4.78, 5) is 16.2. The van der Waals surface area contributed by atoms with Crippen molar-refractivity contribution in [3.8, 4) is 17.0 Å². The summed E-state index contributed by atoms with van der Waals surface area (Å²) in [6.07, 6.45) is -0.124. The molecule has 1 atom stereocenters. The van der Waals surface area contributed by atoms with Crippen LogP contribution in [0.4, 0.5) is 4.39 Å². The number of nitrogens with zero attached hydrogens (tertiary/aromatic N) is 1. The number of hydrogen-bond acceptors (Lipinski definition) is 5. The Bertz CT molecular complexity index is 791. The lowest BCUT2D eigenvalue weighted by molar-refractivity contribution is -0.0351. The summed E-state index contributed by atoms with van der Waals surface area (Å²) in [7, 11) is 0. The molecule has 0 saturated heterocycles. The first kappa shape index (κ1) is 16.4. The zero-order valence-corrected chi connectivity index (χ0v) is 13.5. The number of fused-ring (bicyclic) bond motifs is 1. The highest BCUT2D eigenvalue weighted by atomic mass is 19.1. The Kier molecular flexibility index (Phi) is 4.49. The van der Waals surface area contributed by atoms with Crippen LogP contribution in [0, 0.1) is 12.7 Å². The maximum absolute atomic E-state index is 14.4. The van der Waals surface area contributed by atoms with E-state index in [-0.39, 0.29) is 24.0 Å². The maximum Gasteiger partial charge on any atom is 0.357 e. The third-order valence-electron chi connectivity index (χ3n) is 3.87. The summed E-state index contributed by atoms with van der Waals surface area (Å²) in [6, 6.07) is 6.42. The number of benzene rings is 1. The van der Waals surface area contributed by atoms with Crippen LogP contribution in [0.2, 0.25) is 0 Å². The molecule has 0 spiro atoms. The number of ether oxygens (including phenoxy) is 2. The van der Waals surface area contributed by atoms with Crippen molar-refractivity contribution >= 4 is 5.97 Å². The van der Waals surface area contributed by atoms with Gasteiger partial charge in [-0.15, -0.1) is 0 Å². The molecule has 0 unspecified atom stereocenters. The van der Waals surface area contributed by atoms with Gasteiger partial charge in [0.15, 0.2) is 12.0 Å². The fourth-order valence-corrected chi connectivity index (χ4v) is 2.73. The van der Waals surface area contributed by atoms with Crippen LogP contribution in [-0.4, -0.2) is 29.0 Å². The molecular formula is C18H18FNO4. The lowest BCUT2D eigenvalue weighted by atomic mass is 9.94. The minimum absolute atomic E-state index is 0.0275. The zero-order chi connectivity index (χ0) is 17.3. The Morgan fingerprint density at radius 2 is 2.21 bits per heavy atom. The number of halogens is 1. The third kappa shape index (κ3) is 3.10.